The van der Waals surface area contributed by atoms with Crippen LogP contribution in [-0.4, -0.2) is 5.78 Å². The fourth-order valence-corrected chi connectivity index (χ4v) is 2.38. The van der Waals surface area contributed by atoms with Gasteiger partial charge >= 0.3 is 0 Å². The van der Waals surface area contributed by atoms with Gasteiger partial charge in [-0.25, -0.2) is 0 Å². The van der Waals surface area contributed by atoms with E-state index >= 15 is 0 Å². The molecule has 0 spiro atoms. The predicted octanol–water partition coefficient (Wildman–Crippen LogP) is 4.66. The molecule has 0 amide bonds. The van der Waals surface area contributed by atoms with E-state index < -0.39 is 0 Å². The Bertz CT molecular complexity index is 217. The number of Topliss-reactive ketones (excluding diaryl/α,β-unsaturated/α-hetero) is 1. The lowest BCUT2D eigenvalue weighted by molar-refractivity contribution is -0.121. The average molecular weight is 222 g/mol. The highest BCUT2D eigenvalue weighted by atomic mass is 16.1. The van der Waals surface area contributed by atoms with E-state index in [0.29, 0.717) is 11.7 Å². The van der Waals surface area contributed by atoms with Gasteiger partial charge in [0.25, 0.3) is 0 Å². The van der Waals surface area contributed by atoms with E-state index in [9.17, 15) is 4.79 Å². The van der Waals surface area contributed by atoms with E-state index in [2.05, 4.69) is 19.1 Å². The van der Waals surface area contributed by atoms with Crippen LogP contribution in [0.3, 0.4) is 0 Å². The van der Waals surface area contributed by atoms with Crippen molar-refractivity contribution in [3.63, 3.8) is 0 Å². The van der Waals surface area contributed by atoms with Crippen molar-refractivity contribution in [1.29, 1.82) is 0 Å². The van der Waals surface area contributed by atoms with Crippen LogP contribution in [0.4, 0.5) is 0 Å². The van der Waals surface area contributed by atoms with Crippen molar-refractivity contribution >= 4 is 5.78 Å². The molecule has 1 rings (SSSR count). The van der Waals surface area contributed by atoms with Crippen molar-refractivity contribution in [2.45, 2.75) is 71.1 Å². The van der Waals surface area contributed by atoms with Crippen LogP contribution >= 0.6 is 0 Å². The highest BCUT2D eigenvalue weighted by molar-refractivity contribution is 5.79. The van der Waals surface area contributed by atoms with Crippen LogP contribution in [0.25, 0.3) is 0 Å². The zero-order chi connectivity index (χ0) is 11.6. The molecular weight excluding hydrogens is 196 g/mol. The van der Waals surface area contributed by atoms with Gasteiger partial charge < -0.3 is 0 Å². The molecule has 1 unspecified atom stereocenters. The van der Waals surface area contributed by atoms with Gasteiger partial charge in [0.15, 0.2) is 0 Å². The monoisotopic (exact) mass is 222 g/mol. The minimum Gasteiger partial charge on any atom is -0.300 e. The maximum absolute atomic E-state index is 11.2. The van der Waals surface area contributed by atoms with Crippen LogP contribution in [0, 0.1) is 5.92 Å². The van der Waals surface area contributed by atoms with Crippen molar-refractivity contribution in [2.24, 2.45) is 5.92 Å². The van der Waals surface area contributed by atoms with E-state index in [1.165, 1.54) is 44.9 Å². The number of allylic oxidation sites excluding steroid dienone is 2. The summed E-state index contributed by atoms with van der Waals surface area (Å²) >= 11 is 0. The summed E-state index contributed by atoms with van der Waals surface area (Å²) in [5.41, 5.74) is 0. The molecule has 0 heterocycles. The SMILES string of the molecule is CCCCCCC/C=C/C1CCCC(=O)C1. The van der Waals surface area contributed by atoms with Crippen LogP contribution in [0.2, 0.25) is 0 Å². The molecule has 0 N–H and O–H groups in total. The third-order valence-electron chi connectivity index (χ3n) is 3.40. The quantitative estimate of drug-likeness (QED) is 0.452. The lowest BCUT2D eigenvalue weighted by Gasteiger charge is -2.16. The molecule has 0 aliphatic heterocycles. The minimum absolute atomic E-state index is 0.462. The molecule has 0 radical (unpaired) electrons. The largest absolute Gasteiger partial charge is 0.300 e. The van der Waals surface area contributed by atoms with Gasteiger partial charge in [0.05, 0.1) is 0 Å². The van der Waals surface area contributed by atoms with Gasteiger partial charge in [0.1, 0.15) is 5.78 Å². The number of ketones is 1. The van der Waals surface area contributed by atoms with Crippen molar-refractivity contribution in [3.05, 3.63) is 12.2 Å². The van der Waals surface area contributed by atoms with Crippen molar-refractivity contribution in [3.8, 4) is 0 Å². The van der Waals surface area contributed by atoms with Gasteiger partial charge in [-0.3, -0.25) is 4.79 Å². The first-order valence-electron chi connectivity index (χ1n) is 7.01. The minimum atomic E-state index is 0.462. The summed E-state index contributed by atoms with van der Waals surface area (Å²) in [5.74, 6) is 1.01. The summed E-state index contributed by atoms with van der Waals surface area (Å²) in [5, 5.41) is 0. The van der Waals surface area contributed by atoms with Gasteiger partial charge in [0, 0.05) is 12.8 Å². The summed E-state index contributed by atoms with van der Waals surface area (Å²) in [6.07, 6.45) is 16.5. The Kier molecular flexibility index (Phi) is 7.20. The van der Waals surface area contributed by atoms with Gasteiger partial charge in [-0.1, -0.05) is 44.8 Å². The Labute approximate surface area is 100 Å². The summed E-state index contributed by atoms with van der Waals surface area (Å²) in [4.78, 5) is 11.2. The highest BCUT2D eigenvalue weighted by Gasteiger charge is 2.16. The number of hydrogen-bond acceptors (Lipinski definition) is 1. The second-order valence-electron chi connectivity index (χ2n) is 5.03. The predicted molar refractivity (Wildman–Crippen MR) is 69.5 cm³/mol. The first kappa shape index (κ1) is 13.5. The smallest absolute Gasteiger partial charge is 0.133 e. The van der Waals surface area contributed by atoms with Gasteiger partial charge in [-0.2, -0.15) is 0 Å². The summed E-state index contributed by atoms with van der Waals surface area (Å²) in [6, 6.07) is 0. The molecule has 0 aromatic carbocycles. The Morgan fingerprint density at radius 3 is 2.81 bits per heavy atom. The molecule has 0 saturated heterocycles. The van der Waals surface area contributed by atoms with E-state index in [0.717, 1.165) is 19.3 Å². The molecule has 92 valence electrons. The van der Waals surface area contributed by atoms with Gasteiger partial charge in [-0.15, -0.1) is 0 Å². The molecular formula is C15H26O. The van der Waals surface area contributed by atoms with E-state index in [4.69, 9.17) is 0 Å². The number of unbranched alkanes of at least 4 members (excludes halogenated alkanes) is 5. The summed E-state index contributed by atoms with van der Waals surface area (Å²) in [7, 11) is 0. The fourth-order valence-electron chi connectivity index (χ4n) is 2.38. The Balaban J connectivity index is 2.00. The highest BCUT2D eigenvalue weighted by Crippen LogP contribution is 2.22. The molecule has 1 heteroatoms. The Morgan fingerprint density at radius 1 is 1.25 bits per heavy atom. The zero-order valence-electron chi connectivity index (χ0n) is 10.7. The summed E-state index contributed by atoms with van der Waals surface area (Å²) < 4.78 is 0. The van der Waals surface area contributed by atoms with Crippen molar-refractivity contribution in [1.82, 2.24) is 0 Å². The molecule has 1 aliphatic carbocycles. The van der Waals surface area contributed by atoms with Crippen molar-refractivity contribution in [2.75, 3.05) is 0 Å². The third-order valence-corrected chi connectivity index (χ3v) is 3.40. The lowest BCUT2D eigenvalue weighted by atomic mass is 9.88. The maximum atomic E-state index is 11.2. The van der Waals surface area contributed by atoms with E-state index in [1.807, 2.05) is 0 Å². The van der Waals surface area contributed by atoms with Crippen LogP contribution in [0.1, 0.15) is 71.1 Å². The number of carbonyl (C=O) groups is 1. The average Bonchev–Trinajstić information content (AvgIpc) is 2.28. The van der Waals surface area contributed by atoms with Crippen LogP contribution < -0.4 is 0 Å². The molecule has 0 bridgehead atoms. The van der Waals surface area contributed by atoms with Crippen molar-refractivity contribution < 1.29 is 4.79 Å². The van der Waals surface area contributed by atoms with Crippen LogP contribution in [-0.2, 0) is 4.79 Å². The summed E-state index contributed by atoms with van der Waals surface area (Å²) in [6.45, 7) is 2.25. The number of carbonyl (C=O) groups excluding carboxylic acids is 1. The molecule has 1 fully saturated rings. The topological polar surface area (TPSA) is 17.1 Å². The fraction of sp³-hybridized carbons (Fsp3) is 0.800. The zero-order valence-corrected chi connectivity index (χ0v) is 10.7. The first-order valence-corrected chi connectivity index (χ1v) is 7.01. The van der Waals surface area contributed by atoms with E-state index in [1.54, 1.807) is 0 Å². The van der Waals surface area contributed by atoms with Crippen LogP contribution in [0.15, 0.2) is 12.2 Å². The number of rotatable bonds is 7. The first-order chi connectivity index (χ1) is 7.83. The Morgan fingerprint density at radius 2 is 2.06 bits per heavy atom. The Hall–Kier alpha value is -0.590. The standard InChI is InChI=1S/C15H26O/c1-2-3-4-5-6-7-8-10-14-11-9-12-15(16)13-14/h8,10,14H,2-7,9,11-13H2,1H3/b10-8+. The van der Waals surface area contributed by atoms with Gasteiger partial charge in [-0.05, 0) is 31.6 Å². The third kappa shape index (κ3) is 6.09. The molecule has 16 heavy (non-hydrogen) atoms. The molecule has 0 aromatic rings. The van der Waals surface area contributed by atoms with Crippen LogP contribution in [0.5, 0.6) is 0 Å². The van der Waals surface area contributed by atoms with Gasteiger partial charge in [0.2, 0.25) is 0 Å². The lowest BCUT2D eigenvalue weighted by Crippen LogP contribution is -2.12. The normalized spacial score (nSPS) is 21.8. The second kappa shape index (κ2) is 8.55. The molecule has 1 aliphatic rings. The molecule has 1 atom stereocenters. The van der Waals surface area contributed by atoms with E-state index in [-0.39, 0.29) is 0 Å². The molecule has 1 nitrogen and oxygen atoms in total. The second-order valence-corrected chi connectivity index (χ2v) is 5.03. The number of hydrogen-bond donors (Lipinski definition) is 0. The molecule has 1 saturated carbocycles. The molecule has 0 aromatic heterocycles. The maximum Gasteiger partial charge on any atom is 0.133 e.